The zero-order chi connectivity index (χ0) is 17.1. The van der Waals surface area contributed by atoms with E-state index in [-0.39, 0.29) is 17.2 Å². The Morgan fingerprint density at radius 3 is 2.38 bits per heavy atom. The first-order valence-corrected chi connectivity index (χ1v) is 8.13. The van der Waals surface area contributed by atoms with Gasteiger partial charge in [0.1, 0.15) is 11.5 Å². The Balaban J connectivity index is 1.65. The summed E-state index contributed by atoms with van der Waals surface area (Å²) in [6.07, 6.45) is 0. The lowest BCUT2D eigenvalue weighted by Gasteiger charge is -2.36. The second kappa shape index (κ2) is 7.01. The Bertz CT molecular complexity index is 726. The third-order valence-corrected chi connectivity index (χ3v) is 4.43. The molecule has 0 bridgehead atoms. The number of phenols is 1. The number of methoxy groups -OCH3 is 1. The van der Waals surface area contributed by atoms with Crippen molar-refractivity contribution < 1.29 is 14.6 Å². The Kier molecular flexibility index (Phi) is 4.81. The minimum absolute atomic E-state index is 0.0398. The molecule has 1 aliphatic heterocycles. The van der Waals surface area contributed by atoms with Crippen molar-refractivity contribution in [2.75, 3.05) is 38.2 Å². The van der Waals surface area contributed by atoms with Gasteiger partial charge in [0.2, 0.25) is 0 Å². The van der Waals surface area contributed by atoms with E-state index in [1.807, 2.05) is 24.3 Å². The number of nitrogens with zero attached hydrogens (tertiary/aromatic N) is 2. The number of rotatable bonds is 3. The van der Waals surface area contributed by atoms with Gasteiger partial charge in [-0.3, -0.25) is 4.79 Å². The lowest BCUT2D eigenvalue weighted by molar-refractivity contribution is 0.0744. The predicted molar refractivity (Wildman–Crippen MR) is 94.2 cm³/mol. The van der Waals surface area contributed by atoms with Gasteiger partial charge in [-0.2, -0.15) is 0 Å². The molecule has 3 rings (SSSR count). The van der Waals surface area contributed by atoms with Crippen LogP contribution in [0.3, 0.4) is 0 Å². The van der Waals surface area contributed by atoms with Gasteiger partial charge in [0.05, 0.1) is 12.7 Å². The van der Waals surface area contributed by atoms with E-state index in [9.17, 15) is 9.90 Å². The summed E-state index contributed by atoms with van der Waals surface area (Å²) in [5.74, 6) is 0.593. The van der Waals surface area contributed by atoms with Crippen LogP contribution in [0.4, 0.5) is 5.69 Å². The van der Waals surface area contributed by atoms with Gasteiger partial charge in [-0.15, -0.1) is 0 Å². The fraction of sp³-hybridized carbons (Fsp3) is 0.278. The molecule has 1 N–H and O–H groups in total. The first-order valence-electron chi connectivity index (χ1n) is 7.75. The standard InChI is InChI=1S/C18H19ClN2O3/c1-24-15-5-3-14(4-6-15)20-8-10-21(11-9-20)18(23)16-12-13(19)2-7-17(16)22/h2-7,12,22H,8-11H2,1H3. The van der Waals surface area contributed by atoms with Gasteiger partial charge in [0, 0.05) is 36.9 Å². The molecule has 0 unspecified atom stereocenters. The molecule has 0 saturated carbocycles. The molecule has 2 aromatic rings. The van der Waals surface area contributed by atoms with Gasteiger partial charge in [0.15, 0.2) is 0 Å². The van der Waals surface area contributed by atoms with Crippen LogP contribution < -0.4 is 9.64 Å². The third kappa shape index (κ3) is 3.41. The minimum Gasteiger partial charge on any atom is -0.507 e. The van der Waals surface area contributed by atoms with Crippen LogP contribution in [-0.4, -0.2) is 49.2 Å². The van der Waals surface area contributed by atoms with Crippen LogP contribution in [0.25, 0.3) is 0 Å². The van der Waals surface area contributed by atoms with Crippen molar-refractivity contribution >= 4 is 23.2 Å². The maximum Gasteiger partial charge on any atom is 0.257 e. The number of piperazine rings is 1. The molecule has 1 aliphatic rings. The molecule has 6 heteroatoms. The lowest BCUT2D eigenvalue weighted by Crippen LogP contribution is -2.48. The van der Waals surface area contributed by atoms with Crippen molar-refractivity contribution in [3.63, 3.8) is 0 Å². The second-order valence-corrected chi connectivity index (χ2v) is 6.08. The molecular formula is C18H19ClN2O3. The van der Waals surface area contributed by atoms with Crippen molar-refractivity contribution in [3.05, 3.63) is 53.1 Å². The van der Waals surface area contributed by atoms with Crippen molar-refractivity contribution in [2.24, 2.45) is 0 Å². The molecule has 1 saturated heterocycles. The largest absolute Gasteiger partial charge is 0.507 e. The highest BCUT2D eigenvalue weighted by Crippen LogP contribution is 2.25. The number of amides is 1. The molecule has 1 heterocycles. The Labute approximate surface area is 146 Å². The fourth-order valence-electron chi connectivity index (χ4n) is 2.81. The smallest absolute Gasteiger partial charge is 0.257 e. The Hall–Kier alpha value is -2.40. The number of hydrogen-bond acceptors (Lipinski definition) is 4. The van der Waals surface area contributed by atoms with Crippen molar-refractivity contribution in [1.82, 2.24) is 4.90 Å². The SMILES string of the molecule is COc1ccc(N2CCN(C(=O)c3cc(Cl)ccc3O)CC2)cc1. The van der Waals surface area contributed by atoms with Crippen LogP contribution in [0.2, 0.25) is 5.02 Å². The number of carbonyl (C=O) groups excluding carboxylic acids is 1. The highest BCUT2D eigenvalue weighted by atomic mass is 35.5. The van der Waals surface area contributed by atoms with Crippen molar-refractivity contribution in [1.29, 1.82) is 0 Å². The second-order valence-electron chi connectivity index (χ2n) is 5.64. The quantitative estimate of drug-likeness (QED) is 0.928. The molecule has 1 amide bonds. The maximum atomic E-state index is 12.6. The summed E-state index contributed by atoms with van der Waals surface area (Å²) in [5.41, 5.74) is 1.36. The number of benzene rings is 2. The molecule has 2 aromatic carbocycles. The highest BCUT2D eigenvalue weighted by molar-refractivity contribution is 6.31. The third-order valence-electron chi connectivity index (χ3n) is 4.19. The highest BCUT2D eigenvalue weighted by Gasteiger charge is 2.24. The topological polar surface area (TPSA) is 53.0 Å². The van der Waals surface area contributed by atoms with Gasteiger partial charge in [-0.25, -0.2) is 0 Å². The minimum atomic E-state index is -0.190. The maximum absolute atomic E-state index is 12.6. The molecule has 0 radical (unpaired) electrons. The monoisotopic (exact) mass is 346 g/mol. The normalized spacial score (nSPS) is 14.6. The summed E-state index contributed by atoms with van der Waals surface area (Å²) in [6.45, 7) is 2.66. The lowest BCUT2D eigenvalue weighted by atomic mass is 10.1. The predicted octanol–water partition coefficient (Wildman–Crippen LogP) is 3.02. The van der Waals surface area contributed by atoms with Crippen LogP contribution >= 0.6 is 11.6 Å². The number of anilines is 1. The van der Waals surface area contributed by atoms with Crippen LogP contribution in [0.5, 0.6) is 11.5 Å². The van der Waals surface area contributed by atoms with Crippen LogP contribution in [-0.2, 0) is 0 Å². The molecule has 0 aromatic heterocycles. The van der Waals surface area contributed by atoms with E-state index in [1.54, 1.807) is 18.1 Å². The average molecular weight is 347 g/mol. The summed E-state index contributed by atoms with van der Waals surface area (Å²) >= 11 is 5.93. The van der Waals surface area contributed by atoms with E-state index in [0.29, 0.717) is 18.1 Å². The number of aromatic hydroxyl groups is 1. The van der Waals surface area contributed by atoms with E-state index in [1.165, 1.54) is 12.1 Å². The average Bonchev–Trinajstić information content (AvgIpc) is 2.63. The number of ether oxygens (including phenoxy) is 1. The molecule has 1 fully saturated rings. The number of hydrogen-bond donors (Lipinski definition) is 1. The molecule has 0 spiro atoms. The Morgan fingerprint density at radius 2 is 1.75 bits per heavy atom. The summed E-state index contributed by atoms with van der Waals surface area (Å²) in [7, 11) is 1.64. The zero-order valence-corrected chi connectivity index (χ0v) is 14.2. The first kappa shape index (κ1) is 16.5. The Morgan fingerprint density at radius 1 is 1.08 bits per heavy atom. The van der Waals surface area contributed by atoms with E-state index < -0.39 is 0 Å². The van der Waals surface area contributed by atoms with Crippen LogP contribution in [0, 0.1) is 0 Å². The van der Waals surface area contributed by atoms with Crippen molar-refractivity contribution in [3.8, 4) is 11.5 Å². The fourth-order valence-corrected chi connectivity index (χ4v) is 2.98. The summed E-state index contributed by atoms with van der Waals surface area (Å²) in [4.78, 5) is 16.5. The molecule has 0 aliphatic carbocycles. The van der Waals surface area contributed by atoms with Gasteiger partial charge >= 0.3 is 0 Å². The van der Waals surface area contributed by atoms with Crippen LogP contribution in [0.1, 0.15) is 10.4 Å². The summed E-state index contributed by atoms with van der Waals surface area (Å²) < 4.78 is 5.17. The molecular weight excluding hydrogens is 328 g/mol. The molecule has 5 nitrogen and oxygen atoms in total. The number of halogens is 1. The molecule has 126 valence electrons. The van der Waals surface area contributed by atoms with E-state index >= 15 is 0 Å². The number of carbonyl (C=O) groups is 1. The van der Waals surface area contributed by atoms with Gasteiger partial charge in [-0.1, -0.05) is 11.6 Å². The van der Waals surface area contributed by atoms with Gasteiger partial charge in [0.25, 0.3) is 5.91 Å². The zero-order valence-electron chi connectivity index (χ0n) is 13.4. The van der Waals surface area contributed by atoms with Crippen LogP contribution in [0.15, 0.2) is 42.5 Å². The molecule has 0 atom stereocenters. The summed E-state index contributed by atoms with van der Waals surface area (Å²) in [6, 6.07) is 12.4. The van der Waals surface area contributed by atoms with E-state index in [0.717, 1.165) is 24.5 Å². The van der Waals surface area contributed by atoms with Crippen molar-refractivity contribution in [2.45, 2.75) is 0 Å². The summed E-state index contributed by atoms with van der Waals surface area (Å²) in [5, 5.41) is 10.3. The number of phenolic OH excluding ortho intramolecular Hbond substituents is 1. The van der Waals surface area contributed by atoms with E-state index in [4.69, 9.17) is 16.3 Å². The van der Waals surface area contributed by atoms with Gasteiger partial charge in [-0.05, 0) is 42.5 Å². The molecule has 24 heavy (non-hydrogen) atoms. The first-order chi connectivity index (χ1) is 11.6. The van der Waals surface area contributed by atoms with E-state index in [2.05, 4.69) is 4.90 Å². The van der Waals surface area contributed by atoms with Gasteiger partial charge < -0.3 is 19.6 Å².